The fraction of sp³-hybridized carbons (Fsp3) is 1.00. The smallest absolute Gasteiger partial charge is 0.0204 e. The van der Waals surface area contributed by atoms with Crippen molar-refractivity contribution in [2.45, 2.75) is 94.0 Å². The maximum atomic E-state index is 1.61. The molecule has 3 saturated carbocycles. The summed E-state index contributed by atoms with van der Waals surface area (Å²) in [6.07, 6.45) is 19.0. The zero-order valence-corrected chi connectivity index (χ0v) is 12.8. The topological polar surface area (TPSA) is 0 Å². The Balaban J connectivity index is 0.00000108. The van der Waals surface area contributed by atoms with E-state index in [0.717, 1.165) is 0 Å². The fourth-order valence-electron chi connectivity index (χ4n) is 4.50. The van der Waals surface area contributed by atoms with Crippen LogP contribution in [-0.4, -0.2) is 17.0 Å². The summed E-state index contributed by atoms with van der Waals surface area (Å²) in [4.78, 5) is 0. The molecule has 0 spiro atoms. The van der Waals surface area contributed by atoms with E-state index in [0.29, 0.717) is 7.92 Å². The Morgan fingerprint density at radius 3 is 0.941 bits per heavy atom. The first-order valence-electron chi connectivity index (χ1n) is 7.72. The highest BCUT2D eigenvalue weighted by Crippen LogP contribution is 2.63. The Labute approximate surface area is 114 Å². The average Bonchev–Trinajstić information content (AvgIpc) is 3.02. The van der Waals surface area contributed by atoms with Crippen LogP contribution in [0.2, 0.25) is 0 Å². The number of halogens is 1. The van der Waals surface area contributed by atoms with Crippen LogP contribution in [0.25, 0.3) is 0 Å². The molecule has 0 aromatic heterocycles. The number of hydrogen-bond acceptors (Lipinski definition) is 0. The van der Waals surface area contributed by atoms with Crippen molar-refractivity contribution in [3.05, 3.63) is 0 Å². The molecule has 0 aromatic rings. The summed E-state index contributed by atoms with van der Waals surface area (Å²) in [6, 6.07) is 0. The molecule has 3 rings (SSSR count). The Bertz CT molecular complexity index is 175. The molecule has 17 heavy (non-hydrogen) atoms. The molecule has 0 aliphatic heterocycles. The van der Waals surface area contributed by atoms with E-state index in [9.17, 15) is 0 Å². The highest BCUT2D eigenvalue weighted by molar-refractivity contribution is 7.60. The molecule has 0 unspecified atom stereocenters. The minimum absolute atomic E-state index is 0. The predicted octanol–water partition coefficient (Wildman–Crippen LogP) is 5.72. The van der Waals surface area contributed by atoms with E-state index in [1.165, 1.54) is 17.0 Å². The highest BCUT2D eigenvalue weighted by Gasteiger charge is 2.38. The Hall–Kier alpha value is 0.720. The molecular weight excluding hydrogens is 247 g/mol. The second-order valence-electron chi connectivity index (χ2n) is 6.26. The third kappa shape index (κ3) is 3.19. The van der Waals surface area contributed by atoms with Gasteiger partial charge in [0, 0.05) is 0 Å². The van der Waals surface area contributed by atoms with E-state index in [2.05, 4.69) is 0 Å². The third-order valence-corrected chi connectivity index (χ3v) is 9.32. The highest BCUT2D eigenvalue weighted by atomic mass is 35.5. The molecule has 0 nitrogen and oxygen atoms in total. The molecule has 0 heterocycles. The first-order valence-corrected chi connectivity index (χ1v) is 9.27. The Morgan fingerprint density at radius 2 is 0.706 bits per heavy atom. The van der Waals surface area contributed by atoms with Gasteiger partial charge in [-0.25, -0.2) is 0 Å². The Morgan fingerprint density at radius 1 is 0.471 bits per heavy atom. The van der Waals surface area contributed by atoms with Gasteiger partial charge in [0.25, 0.3) is 0 Å². The lowest BCUT2D eigenvalue weighted by molar-refractivity contribution is 0.775. The lowest BCUT2D eigenvalue weighted by Gasteiger charge is -2.35. The molecule has 0 aromatic carbocycles. The molecule has 3 aliphatic rings. The van der Waals surface area contributed by atoms with E-state index < -0.39 is 0 Å². The molecular formula is C15H28ClP. The van der Waals surface area contributed by atoms with Gasteiger partial charge < -0.3 is 0 Å². The summed E-state index contributed by atoms with van der Waals surface area (Å²) < 4.78 is 0. The SMILES string of the molecule is C1CCC(P(C2CCCC2)C2CCCC2)C1.Cl. The second kappa shape index (κ2) is 6.76. The quantitative estimate of drug-likeness (QED) is 0.578. The molecule has 0 bridgehead atoms. The summed E-state index contributed by atoms with van der Waals surface area (Å²) in [7, 11) is 0.436. The average molecular weight is 275 g/mol. The number of rotatable bonds is 3. The predicted molar refractivity (Wildman–Crippen MR) is 80.9 cm³/mol. The molecule has 100 valence electrons. The first-order chi connectivity index (χ1) is 7.95. The Kier molecular flexibility index (Phi) is 5.62. The zero-order valence-electron chi connectivity index (χ0n) is 11.1. The number of hydrogen-bond donors (Lipinski definition) is 0. The molecule has 0 N–H and O–H groups in total. The van der Waals surface area contributed by atoms with Crippen molar-refractivity contribution in [1.29, 1.82) is 0 Å². The lowest BCUT2D eigenvalue weighted by atomic mass is 10.3. The summed E-state index contributed by atoms with van der Waals surface area (Å²) in [5.74, 6) is 0. The van der Waals surface area contributed by atoms with Crippen LogP contribution in [0.3, 0.4) is 0 Å². The van der Waals surface area contributed by atoms with Crippen LogP contribution >= 0.6 is 20.3 Å². The molecule has 0 radical (unpaired) electrons. The van der Waals surface area contributed by atoms with Crippen molar-refractivity contribution < 1.29 is 0 Å². The van der Waals surface area contributed by atoms with E-state index in [1.54, 1.807) is 77.0 Å². The molecule has 3 aliphatic carbocycles. The van der Waals surface area contributed by atoms with Crippen molar-refractivity contribution in [3.8, 4) is 0 Å². The van der Waals surface area contributed by atoms with E-state index in [1.807, 2.05) is 0 Å². The summed E-state index contributed by atoms with van der Waals surface area (Å²) in [5, 5.41) is 0. The van der Waals surface area contributed by atoms with Gasteiger partial charge in [0.05, 0.1) is 0 Å². The van der Waals surface area contributed by atoms with Crippen molar-refractivity contribution in [1.82, 2.24) is 0 Å². The van der Waals surface area contributed by atoms with Gasteiger partial charge in [0.15, 0.2) is 0 Å². The van der Waals surface area contributed by atoms with Gasteiger partial charge in [0.2, 0.25) is 0 Å². The first kappa shape index (κ1) is 14.1. The van der Waals surface area contributed by atoms with Crippen LogP contribution in [0.4, 0.5) is 0 Å². The fourth-order valence-corrected chi connectivity index (χ4v) is 9.17. The third-order valence-electron chi connectivity index (χ3n) is 5.24. The van der Waals surface area contributed by atoms with Crippen LogP contribution in [0.1, 0.15) is 77.0 Å². The maximum absolute atomic E-state index is 1.61. The summed E-state index contributed by atoms with van der Waals surface area (Å²) >= 11 is 0. The van der Waals surface area contributed by atoms with Crippen LogP contribution in [-0.2, 0) is 0 Å². The van der Waals surface area contributed by atoms with Crippen molar-refractivity contribution in [2.75, 3.05) is 0 Å². The summed E-state index contributed by atoms with van der Waals surface area (Å²) in [5.41, 5.74) is 3.63. The molecule has 0 amide bonds. The van der Waals surface area contributed by atoms with E-state index >= 15 is 0 Å². The van der Waals surface area contributed by atoms with Gasteiger partial charge in [-0.3, -0.25) is 0 Å². The van der Waals surface area contributed by atoms with Gasteiger partial charge in [0.1, 0.15) is 0 Å². The molecule has 2 heteroatoms. The van der Waals surface area contributed by atoms with Crippen molar-refractivity contribution >= 4 is 20.3 Å². The molecule has 0 atom stereocenters. The molecule has 3 fully saturated rings. The minimum Gasteiger partial charge on any atom is -0.147 e. The standard InChI is InChI=1S/C15H27P.ClH/c1-2-8-13(7-1)16(14-9-3-4-10-14)15-11-5-6-12-15;/h13-15H,1-12H2;1H. The largest absolute Gasteiger partial charge is 0.147 e. The van der Waals surface area contributed by atoms with Gasteiger partial charge in [-0.1, -0.05) is 46.4 Å². The molecule has 0 saturated heterocycles. The van der Waals surface area contributed by atoms with E-state index in [4.69, 9.17) is 0 Å². The van der Waals surface area contributed by atoms with E-state index in [-0.39, 0.29) is 12.4 Å². The monoisotopic (exact) mass is 274 g/mol. The van der Waals surface area contributed by atoms with Crippen LogP contribution in [0, 0.1) is 0 Å². The van der Waals surface area contributed by atoms with Crippen molar-refractivity contribution in [3.63, 3.8) is 0 Å². The van der Waals surface area contributed by atoms with Gasteiger partial charge in [-0.15, -0.1) is 12.4 Å². The van der Waals surface area contributed by atoms with Gasteiger partial charge >= 0.3 is 0 Å². The van der Waals surface area contributed by atoms with Crippen molar-refractivity contribution in [2.24, 2.45) is 0 Å². The zero-order chi connectivity index (χ0) is 10.8. The van der Waals surface area contributed by atoms with Crippen LogP contribution in [0.15, 0.2) is 0 Å². The van der Waals surface area contributed by atoms with Crippen LogP contribution < -0.4 is 0 Å². The van der Waals surface area contributed by atoms with Gasteiger partial charge in [-0.2, -0.15) is 0 Å². The lowest BCUT2D eigenvalue weighted by Crippen LogP contribution is -2.18. The minimum atomic E-state index is 0. The normalized spacial score (nSPS) is 28.1. The second-order valence-corrected chi connectivity index (χ2v) is 9.35. The maximum Gasteiger partial charge on any atom is -0.0204 e. The van der Waals surface area contributed by atoms with Crippen LogP contribution in [0.5, 0.6) is 0 Å². The van der Waals surface area contributed by atoms with Gasteiger partial charge in [-0.05, 0) is 55.5 Å². The summed E-state index contributed by atoms with van der Waals surface area (Å²) in [6.45, 7) is 0.